The second kappa shape index (κ2) is 11.4. The number of hydrogen-bond acceptors (Lipinski definition) is 3. The van der Waals surface area contributed by atoms with E-state index in [1.165, 1.54) is 12.8 Å². The van der Waals surface area contributed by atoms with Crippen molar-refractivity contribution in [3.05, 3.63) is 12.7 Å². The summed E-state index contributed by atoms with van der Waals surface area (Å²) in [5.74, 6) is 1.41. The molecule has 19 heavy (non-hydrogen) atoms. The highest BCUT2D eigenvalue weighted by Gasteiger charge is 2.13. The van der Waals surface area contributed by atoms with Crippen LogP contribution in [0.5, 0.6) is 0 Å². The van der Waals surface area contributed by atoms with E-state index in [1.54, 1.807) is 6.08 Å². The molecule has 0 unspecified atom stereocenters. The van der Waals surface area contributed by atoms with Crippen LogP contribution in [0.4, 0.5) is 0 Å². The zero-order valence-corrected chi connectivity index (χ0v) is 13.3. The molecule has 0 aliphatic rings. The third-order valence-electron chi connectivity index (χ3n) is 3.06. The van der Waals surface area contributed by atoms with Crippen LogP contribution < -0.4 is 0 Å². The quantitative estimate of drug-likeness (QED) is 0.437. The Morgan fingerprint density at radius 3 is 2.05 bits per heavy atom. The maximum Gasteiger partial charge on any atom is 0.0900 e. The molecule has 0 heterocycles. The fraction of sp³-hybridized carbons (Fsp3) is 0.875. The predicted molar refractivity (Wildman–Crippen MR) is 82.4 cm³/mol. The topological polar surface area (TPSA) is 32.7 Å². The number of aliphatic hydroxyl groups excluding tert-OH is 1. The van der Waals surface area contributed by atoms with Crippen LogP contribution in [-0.2, 0) is 4.74 Å². The van der Waals surface area contributed by atoms with E-state index in [2.05, 4.69) is 39.2 Å². The van der Waals surface area contributed by atoms with Crippen molar-refractivity contribution in [2.45, 2.75) is 46.6 Å². The highest BCUT2D eigenvalue weighted by Crippen LogP contribution is 2.07. The first-order valence-electron chi connectivity index (χ1n) is 7.54. The molecule has 0 aromatic heterocycles. The van der Waals surface area contributed by atoms with Gasteiger partial charge in [-0.25, -0.2) is 0 Å². The summed E-state index contributed by atoms with van der Waals surface area (Å²) in [7, 11) is 0. The Morgan fingerprint density at radius 1 is 1.11 bits per heavy atom. The summed E-state index contributed by atoms with van der Waals surface area (Å²) in [6.45, 7) is 16.3. The number of rotatable bonds is 12. The van der Waals surface area contributed by atoms with Gasteiger partial charge in [0.2, 0.25) is 0 Å². The summed E-state index contributed by atoms with van der Waals surface area (Å²) in [5, 5.41) is 9.98. The van der Waals surface area contributed by atoms with Crippen LogP contribution >= 0.6 is 0 Å². The van der Waals surface area contributed by atoms with Crippen LogP contribution in [0.2, 0.25) is 0 Å². The Balaban J connectivity index is 4.03. The molecule has 0 aliphatic heterocycles. The summed E-state index contributed by atoms with van der Waals surface area (Å²) in [6, 6.07) is 0. The molecule has 3 nitrogen and oxygen atoms in total. The van der Waals surface area contributed by atoms with Crippen molar-refractivity contribution in [1.82, 2.24) is 4.90 Å². The molecule has 1 N–H and O–H groups in total. The van der Waals surface area contributed by atoms with Crippen LogP contribution in [0, 0.1) is 11.8 Å². The van der Waals surface area contributed by atoms with Gasteiger partial charge in [-0.2, -0.15) is 0 Å². The van der Waals surface area contributed by atoms with E-state index in [0.717, 1.165) is 13.1 Å². The lowest BCUT2D eigenvalue weighted by atomic mass is 10.1. The number of ether oxygens (including phenoxy) is 1. The first-order valence-corrected chi connectivity index (χ1v) is 7.54. The van der Waals surface area contributed by atoms with E-state index in [1.807, 2.05) is 0 Å². The van der Waals surface area contributed by atoms with E-state index < -0.39 is 6.10 Å². The van der Waals surface area contributed by atoms with Gasteiger partial charge in [-0.05, 0) is 37.8 Å². The lowest BCUT2D eigenvalue weighted by molar-refractivity contribution is 0.0246. The zero-order valence-electron chi connectivity index (χ0n) is 13.3. The second-order valence-electron chi connectivity index (χ2n) is 6.15. The number of aliphatic hydroxyl groups is 1. The fourth-order valence-corrected chi connectivity index (χ4v) is 1.81. The van der Waals surface area contributed by atoms with Gasteiger partial charge in [0.25, 0.3) is 0 Å². The Morgan fingerprint density at radius 2 is 1.63 bits per heavy atom. The maximum absolute atomic E-state index is 9.98. The minimum Gasteiger partial charge on any atom is -0.389 e. The first kappa shape index (κ1) is 18.6. The third-order valence-corrected chi connectivity index (χ3v) is 3.06. The Bertz CT molecular complexity index is 205. The molecule has 0 aliphatic carbocycles. The first-order chi connectivity index (χ1) is 8.95. The van der Waals surface area contributed by atoms with Gasteiger partial charge in [0.05, 0.1) is 19.3 Å². The van der Waals surface area contributed by atoms with Crippen LogP contribution in [0.3, 0.4) is 0 Å². The van der Waals surface area contributed by atoms with Crippen molar-refractivity contribution in [2.24, 2.45) is 11.8 Å². The maximum atomic E-state index is 9.98. The lowest BCUT2D eigenvalue weighted by Crippen LogP contribution is -2.37. The molecule has 0 bridgehead atoms. The van der Waals surface area contributed by atoms with Crippen molar-refractivity contribution < 1.29 is 9.84 Å². The van der Waals surface area contributed by atoms with E-state index in [-0.39, 0.29) is 0 Å². The van der Waals surface area contributed by atoms with E-state index in [0.29, 0.717) is 31.6 Å². The Labute approximate surface area is 119 Å². The molecule has 114 valence electrons. The van der Waals surface area contributed by atoms with E-state index in [9.17, 15) is 5.11 Å². The normalized spacial score (nSPS) is 13.5. The molecule has 0 aromatic rings. The monoisotopic (exact) mass is 271 g/mol. The fourth-order valence-electron chi connectivity index (χ4n) is 1.81. The number of hydrogen-bond donors (Lipinski definition) is 1. The highest BCUT2D eigenvalue weighted by atomic mass is 16.5. The average Bonchev–Trinajstić information content (AvgIpc) is 2.32. The third kappa shape index (κ3) is 12.4. The standard InChI is InChI=1S/C16H33NO2/c1-6-11-19-13-16(18)12-17(9-7-14(2)3)10-8-15(4)5/h6,14-16,18H,1,7-13H2,2-5H3/t16-/m1/s1. The molecule has 0 aromatic carbocycles. The van der Waals surface area contributed by atoms with Gasteiger partial charge in [0.1, 0.15) is 0 Å². The van der Waals surface area contributed by atoms with Crippen LogP contribution in [0.25, 0.3) is 0 Å². The van der Waals surface area contributed by atoms with Gasteiger partial charge in [-0.15, -0.1) is 6.58 Å². The van der Waals surface area contributed by atoms with Crippen LogP contribution in [-0.4, -0.2) is 49.0 Å². The molecular formula is C16H33NO2. The van der Waals surface area contributed by atoms with Gasteiger partial charge >= 0.3 is 0 Å². The number of nitrogens with zero attached hydrogens (tertiary/aromatic N) is 1. The summed E-state index contributed by atoms with van der Waals surface area (Å²) in [5.41, 5.74) is 0. The molecule has 0 saturated carbocycles. The van der Waals surface area contributed by atoms with Gasteiger partial charge in [-0.1, -0.05) is 33.8 Å². The molecule has 0 spiro atoms. The molecular weight excluding hydrogens is 238 g/mol. The largest absolute Gasteiger partial charge is 0.389 e. The zero-order chi connectivity index (χ0) is 14.7. The molecule has 3 heteroatoms. The molecule has 0 rings (SSSR count). The SMILES string of the molecule is C=CCOC[C@H](O)CN(CCC(C)C)CCC(C)C. The minimum absolute atomic E-state index is 0.395. The summed E-state index contributed by atoms with van der Waals surface area (Å²) >= 11 is 0. The molecule has 0 fully saturated rings. The summed E-state index contributed by atoms with van der Waals surface area (Å²) < 4.78 is 5.30. The van der Waals surface area contributed by atoms with E-state index in [4.69, 9.17) is 4.74 Å². The van der Waals surface area contributed by atoms with Crippen molar-refractivity contribution in [1.29, 1.82) is 0 Å². The molecule has 0 saturated heterocycles. The molecule has 0 amide bonds. The average molecular weight is 271 g/mol. The van der Waals surface area contributed by atoms with Gasteiger partial charge in [0.15, 0.2) is 0 Å². The van der Waals surface area contributed by atoms with Crippen molar-refractivity contribution in [3.8, 4) is 0 Å². The van der Waals surface area contributed by atoms with Crippen molar-refractivity contribution in [2.75, 3.05) is 32.8 Å². The smallest absolute Gasteiger partial charge is 0.0900 e. The molecule has 1 atom stereocenters. The van der Waals surface area contributed by atoms with Crippen LogP contribution in [0.15, 0.2) is 12.7 Å². The van der Waals surface area contributed by atoms with Gasteiger partial charge in [-0.3, -0.25) is 0 Å². The minimum atomic E-state index is -0.403. The summed E-state index contributed by atoms with van der Waals surface area (Å²) in [4.78, 5) is 2.36. The lowest BCUT2D eigenvalue weighted by Gasteiger charge is -2.26. The van der Waals surface area contributed by atoms with Gasteiger partial charge in [0, 0.05) is 6.54 Å². The predicted octanol–water partition coefficient (Wildman–Crippen LogP) is 2.94. The highest BCUT2D eigenvalue weighted by molar-refractivity contribution is 4.68. The van der Waals surface area contributed by atoms with E-state index >= 15 is 0 Å². The Kier molecular flexibility index (Phi) is 11.2. The van der Waals surface area contributed by atoms with Crippen molar-refractivity contribution in [3.63, 3.8) is 0 Å². The van der Waals surface area contributed by atoms with Crippen molar-refractivity contribution >= 4 is 0 Å². The van der Waals surface area contributed by atoms with Crippen LogP contribution in [0.1, 0.15) is 40.5 Å². The van der Waals surface area contributed by atoms with Gasteiger partial charge < -0.3 is 14.7 Å². The Hall–Kier alpha value is -0.380. The summed E-state index contributed by atoms with van der Waals surface area (Å²) in [6.07, 6.45) is 3.66. The molecule has 0 radical (unpaired) electrons. The second-order valence-corrected chi connectivity index (χ2v) is 6.15.